The second-order valence-electron chi connectivity index (χ2n) is 5.57. The maximum Gasteiger partial charge on any atom is 0.306 e. The molecule has 122 valence electrons. The summed E-state index contributed by atoms with van der Waals surface area (Å²) in [6.45, 7) is 6.30. The maximum atomic E-state index is 12.0. The minimum absolute atomic E-state index is 0.00721. The summed E-state index contributed by atoms with van der Waals surface area (Å²) < 4.78 is 10.3. The molecule has 1 amide bonds. The van der Waals surface area contributed by atoms with Crippen molar-refractivity contribution < 1.29 is 19.1 Å². The van der Waals surface area contributed by atoms with Crippen molar-refractivity contribution in [2.75, 3.05) is 33.4 Å². The zero-order valence-corrected chi connectivity index (χ0v) is 13.4. The SMILES string of the molecule is CCC(C)NC(=O)CN(CCC(=O)OC)CC1CCCO1. The van der Waals surface area contributed by atoms with Crippen molar-refractivity contribution in [2.45, 2.75) is 51.7 Å². The number of rotatable bonds is 9. The number of ether oxygens (including phenoxy) is 2. The van der Waals surface area contributed by atoms with Crippen LogP contribution < -0.4 is 5.32 Å². The van der Waals surface area contributed by atoms with Crippen LogP contribution in [0.5, 0.6) is 0 Å². The second kappa shape index (κ2) is 9.73. The summed E-state index contributed by atoms with van der Waals surface area (Å²) in [7, 11) is 1.38. The molecule has 2 unspecified atom stereocenters. The van der Waals surface area contributed by atoms with E-state index in [4.69, 9.17) is 4.74 Å². The molecule has 0 bridgehead atoms. The summed E-state index contributed by atoms with van der Waals surface area (Å²) in [5.74, 6) is -0.262. The van der Waals surface area contributed by atoms with Crippen molar-refractivity contribution >= 4 is 11.9 Å². The van der Waals surface area contributed by atoms with E-state index < -0.39 is 0 Å². The van der Waals surface area contributed by atoms with Crippen molar-refractivity contribution in [3.05, 3.63) is 0 Å². The van der Waals surface area contributed by atoms with Gasteiger partial charge >= 0.3 is 5.97 Å². The van der Waals surface area contributed by atoms with E-state index >= 15 is 0 Å². The van der Waals surface area contributed by atoms with E-state index in [1.54, 1.807) is 0 Å². The highest BCUT2D eigenvalue weighted by Crippen LogP contribution is 2.13. The smallest absolute Gasteiger partial charge is 0.306 e. The summed E-state index contributed by atoms with van der Waals surface area (Å²) in [5.41, 5.74) is 0. The van der Waals surface area contributed by atoms with Crippen LogP contribution in [0.3, 0.4) is 0 Å². The first kappa shape index (κ1) is 17.9. The molecule has 1 heterocycles. The maximum absolute atomic E-state index is 12.0. The Hall–Kier alpha value is -1.14. The van der Waals surface area contributed by atoms with Gasteiger partial charge < -0.3 is 14.8 Å². The van der Waals surface area contributed by atoms with E-state index in [-0.39, 0.29) is 24.0 Å². The second-order valence-corrected chi connectivity index (χ2v) is 5.57. The molecule has 1 fully saturated rings. The van der Waals surface area contributed by atoms with Crippen molar-refractivity contribution in [3.63, 3.8) is 0 Å². The van der Waals surface area contributed by atoms with Gasteiger partial charge in [-0.25, -0.2) is 0 Å². The van der Waals surface area contributed by atoms with Gasteiger partial charge in [0, 0.05) is 25.7 Å². The van der Waals surface area contributed by atoms with E-state index in [0.29, 0.717) is 26.1 Å². The van der Waals surface area contributed by atoms with Crippen LogP contribution in [0.2, 0.25) is 0 Å². The Morgan fingerprint density at radius 3 is 2.81 bits per heavy atom. The highest BCUT2D eigenvalue weighted by atomic mass is 16.5. The fraction of sp³-hybridized carbons (Fsp3) is 0.867. The minimum atomic E-state index is -0.255. The Labute approximate surface area is 127 Å². The van der Waals surface area contributed by atoms with E-state index in [9.17, 15) is 9.59 Å². The van der Waals surface area contributed by atoms with Gasteiger partial charge in [-0.2, -0.15) is 0 Å². The van der Waals surface area contributed by atoms with Gasteiger partial charge in [0.2, 0.25) is 5.91 Å². The summed E-state index contributed by atoms with van der Waals surface area (Å²) in [4.78, 5) is 25.3. The van der Waals surface area contributed by atoms with Crippen molar-refractivity contribution in [1.82, 2.24) is 10.2 Å². The van der Waals surface area contributed by atoms with Crippen molar-refractivity contribution in [2.24, 2.45) is 0 Å². The first-order valence-electron chi connectivity index (χ1n) is 7.75. The lowest BCUT2D eigenvalue weighted by Gasteiger charge is -2.25. The monoisotopic (exact) mass is 300 g/mol. The summed E-state index contributed by atoms with van der Waals surface area (Å²) in [6.07, 6.45) is 3.44. The molecular weight excluding hydrogens is 272 g/mol. The molecule has 0 radical (unpaired) electrons. The van der Waals surface area contributed by atoms with Gasteiger partial charge in [0.1, 0.15) is 0 Å². The van der Waals surface area contributed by atoms with E-state index in [2.05, 4.69) is 10.1 Å². The summed E-state index contributed by atoms with van der Waals surface area (Å²) in [6, 6.07) is 0.169. The van der Waals surface area contributed by atoms with Crippen LogP contribution in [0.25, 0.3) is 0 Å². The number of esters is 1. The van der Waals surface area contributed by atoms with Gasteiger partial charge in [0.05, 0.1) is 26.2 Å². The highest BCUT2D eigenvalue weighted by molar-refractivity contribution is 5.78. The summed E-state index contributed by atoms with van der Waals surface area (Å²) in [5, 5.41) is 2.95. The molecule has 1 N–H and O–H groups in total. The molecule has 0 saturated carbocycles. The molecule has 6 heteroatoms. The standard InChI is InChI=1S/C15H28N2O4/c1-4-12(2)16-14(18)11-17(8-7-15(19)20-3)10-13-6-5-9-21-13/h12-13H,4-11H2,1-3H3,(H,16,18). The zero-order chi connectivity index (χ0) is 15.7. The predicted molar refractivity (Wildman–Crippen MR) is 79.9 cm³/mol. The average Bonchev–Trinajstić information content (AvgIpc) is 2.96. The lowest BCUT2D eigenvalue weighted by molar-refractivity contribution is -0.141. The molecule has 6 nitrogen and oxygen atoms in total. The molecule has 1 saturated heterocycles. The quantitative estimate of drug-likeness (QED) is 0.642. The topological polar surface area (TPSA) is 67.9 Å². The van der Waals surface area contributed by atoms with Crippen LogP contribution in [-0.2, 0) is 19.1 Å². The molecule has 1 aliphatic rings. The molecule has 21 heavy (non-hydrogen) atoms. The van der Waals surface area contributed by atoms with Gasteiger partial charge in [-0.1, -0.05) is 6.92 Å². The van der Waals surface area contributed by atoms with Crippen LogP contribution in [0.15, 0.2) is 0 Å². The normalized spacial score (nSPS) is 19.5. The number of nitrogens with zero attached hydrogens (tertiary/aromatic N) is 1. The number of carbonyl (C=O) groups excluding carboxylic acids is 2. The number of carbonyl (C=O) groups is 2. The molecule has 0 aromatic carbocycles. The lowest BCUT2D eigenvalue weighted by Crippen LogP contribution is -2.44. The third-order valence-corrected chi connectivity index (χ3v) is 3.73. The molecule has 0 spiro atoms. The third-order valence-electron chi connectivity index (χ3n) is 3.73. The fourth-order valence-electron chi connectivity index (χ4n) is 2.29. The van der Waals surface area contributed by atoms with Gasteiger partial charge in [-0.05, 0) is 26.2 Å². The molecule has 0 aromatic heterocycles. The molecule has 0 aliphatic carbocycles. The third kappa shape index (κ3) is 7.43. The zero-order valence-electron chi connectivity index (χ0n) is 13.4. The number of hydrogen-bond acceptors (Lipinski definition) is 5. The molecule has 1 aliphatic heterocycles. The van der Waals surface area contributed by atoms with E-state index in [0.717, 1.165) is 25.9 Å². The number of amides is 1. The number of nitrogens with one attached hydrogen (secondary N) is 1. The average molecular weight is 300 g/mol. The van der Waals surface area contributed by atoms with E-state index in [1.807, 2.05) is 18.7 Å². The summed E-state index contributed by atoms with van der Waals surface area (Å²) >= 11 is 0. The predicted octanol–water partition coefficient (Wildman–Crippen LogP) is 0.945. The Morgan fingerprint density at radius 2 is 2.24 bits per heavy atom. The van der Waals surface area contributed by atoms with Crippen molar-refractivity contribution in [3.8, 4) is 0 Å². The Bertz CT molecular complexity index is 330. The minimum Gasteiger partial charge on any atom is -0.469 e. The largest absolute Gasteiger partial charge is 0.469 e. The van der Waals surface area contributed by atoms with Crippen LogP contribution in [0, 0.1) is 0 Å². The fourth-order valence-corrected chi connectivity index (χ4v) is 2.29. The highest BCUT2D eigenvalue weighted by Gasteiger charge is 2.21. The van der Waals surface area contributed by atoms with E-state index in [1.165, 1.54) is 7.11 Å². The molecule has 1 rings (SSSR count). The van der Waals surface area contributed by atoms with Crippen LogP contribution in [0.1, 0.15) is 39.5 Å². The molecular formula is C15H28N2O4. The number of methoxy groups -OCH3 is 1. The van der Waals surface area contributed by atoms with Crippen molar-refractivity contribution in [1.29, 1.82) is 0 Å². The first-order valence-corrected chi connectivity index (χ1v) is 7.75. The van der Waals surface area contributed by atoms with Gasteiger partial charge in [-0.3, -0.25) is 14.5 Å². The Balaban J connectivity index is 2.45. The van der Waals surface area contributed by atoms with Gasteiger partial charge in [0.15, 0.2) is 0 Å². The van der Waals surface area contributed by atoms with Gasteiger partial charge in [-0.15, -0.1) is 0 Å². The molecule has 0 aromatic rings. The molecule has 2 atom stereocenters. The van der Waals surface area contributed by atoms with Crippen LogP contribution in [0.4, 0.5) is 0 Å². The van der Waals surface area contributed by atoms with Crippen LogP contribution >= 0.6 is 0 Å². The first-order chi connectivity index (χ1) is 10.0. The lowest BCUT2D eigenvalue weighted by atomic mass is 10.2. The van der Waals surface area contributed by atoms with Gasteiger partial charge in [0.25, 0.3) is 0 Å². The Kier molecular flexibility index (Phi) is 8.30. The van der Waals surface area contributed by atoms with Crippen LogP contribution in [-0.4, -0.2) is 62.3 Å². The Morgan fingerprint density at radius 1 is 1.48 bits per heavy atom. The number of hydrogen-bond donors (Lipinski definition) is 1.